The first-order valence-corrected chi connectivity index (χ1v) is 15.6. The van der Waals surface area contributed by atoms with Crippen LogP contribution < -0.4 is 9.47 Å². The monoisotopic (exact) mass is 603 g/mol. The Kier molecular flexibility index (Phi) is 11.5. The summed E-state index contributed by atoms with van der Waals surface area (Å²) in [4.78, 5) is 49.1. The summed E-state index contributed by atoms with van der Waals surface area (Å²) < 4.78 is 11.2. The molecular weight excluding hydrogens is 554 g/mol. The summed E-state index contributed by atoms with van der Waals surface area (Å²) in [5.74, 6) is -1.22. The minimum absolute atomic E-state index is 0.00230. The highest BCUT2D eigenvalue weighted by atomic mass is 16.7. The first-order chi connectivity index (χ1) is 20.6. The number of ether oxygens (including phenoxy) is 2. The summed E-state index contributed by atoms with van der Waals surface area (Å²) >= 11 is 0. The smallest absolute Gasteiger partial charge is 0.319 e. The highest BCUT2D eigenvalue weighted by Crippen LogP contribution is 2.44. The van der Waals surface area contributed by atoms with Gasteiger partial charge in [-0.25, -0.2) is 4.79 Å². The molecule has 3 atom stereocenters. The normalized spacial score (nSPS) is 22.1. The Labute approximate surface area is 255 Å². The molecule has 0 bridgehead atoms. The third kappa shape index (κ3) is 7.90. The molecule has 3 heterocycles. The molecule has 0 saturated carbocycles. The van der Waals surface area contributed by atoms with Gasteiger partial charge in [0, 0.05) is 63.8 Å². The number of carbonyl (C=O) groups excluding carboxylic acids is 2. The Hall–Kier alpha value is -3.09. The lowest BCUT2D eigenvalue weighted by atomic mass is 9.83. The number of hydrogen-bond acceptors (Lipinski definition) is 8. The molecule has 0 aromatic heterocycles. The molecule has 0 aliphatic carbocycles. The summed E-state index contributed by atoms with van der Waals surface area (Å²) in [6, 6.07) is 3.10. The minimum Gasteiger partial charge on any atom is -0.481 e. The van der Waals surface area contributed by atoms with Crippen LogP contribution in [-0.4, -0.2) is 139 Å². The topological polar surface area (TPSA) is 126 Å². The molecule has 2 fully saturated rings. The van der Waals surface area contributed by atoms with Crippen LogP contribution >= 0.6 is 0 Å². The zero-order chi connectivity index (χ0) is 31.1. The number of carboxylic acid groups (broad SMARTS) is 1. The van der Waals surface area contributed by atoms with E-state index in [4.69, 9.17) is 9.47 Å². The van der Waals surface area contributed by atoms with Crippen molar-refractivity contribution in [3.8, 4) is 11.5 Å². The van der Waals surface area contributed by atoms with Crippen molar-refractivity contribution in [3.63, 3.8) is 0 Å². The Morgan fingerprint density at radius 2 is 1.86 bits per heavy atom. The molecule has 1 aromatic rings. The van der Waals surface area contributed by atoms with E-state index >= 15 is 0 Å². The number of aliphatic hydroxyl groups excluding tert-OH is 1. The van der Waals surface area contributed by atoms with E-state index in [0.29, 0.717) is 62.8 Å². The molecule has 2 saturated heterocycles. The minimum atomic E-state index is -0.941. The molecule has 3 aliphatic rings. The van der Waals surface area contributed by atoms with E-state index in [1.165, 1.54) is 0 Å². The van der Waals surface area contributed by atoms with Crippen molar-refractivity contribution in [1.82, 2.24) is 24.5 Å². The Bertz CT molecular complexity index is 1130. The fourth-order valence-electron chi connectivity index (χ4n) is 6.62. The molecule has 0 unspecified atom stereocenters. The molecule has 43 heavy (non-hydrogen) atoms. The zero-order valence-corrected chi connectivity index (χ0v) is 26.2. The molecule has 12 heteroatoms. The van der Waals surface area contributed by atoms with Crippen LogP contribution in [0.5, 0.6) is 11.5 Å². The number of benzene rings is 1. The van der Waals surface area contributed by atoms with Crippen molar-refractivity contribution in [2.24, 2.45) is 5.92 Å². The van der Waals surface area contributed by atoms with Crippen molar-refractivity contribution >= 4 is 17.9 Å². The number of aliphatic hydroxyl groups is 1. The van der Waals surface area contributed by atoms with Crippen molar-refractivity contribution in [2.75, 3.05) is 80.3 Å². The van der Waals surface area contributed by atoms with E-state index in [1.54, 1.807) is 22.9 Å². The van der Waals surface area contributed by atoms with Crippen LogP contribution in [0.25, 0.3) is 0 Å². The lowest BCUT2D eigenvalue weighted by Gasteiger charge is -2.35. The first-order valence-electron chi connectivity index (χ1n) is 15.6. The zero-order valence-electron chi connectivity index (χ0n) is 26.2. The maximum atomic E-state index is 13.8. The summed E-state index contributed by atoms with van der Waals surface area (Å²) in [6.07, 6.45) is 4.04. The summed E-state index contributed by atoms with van der Waals surface area (Å²) in [7, 11) is 5.81. The van der Waals surface area contributed by atoms with Gasteiger partial charge >= 0.3 is 12.0 Å². The molecule has 2 N–H and O–H groups in total. The molecule has 0 spiro atoms. The standard InChI is InChI=1S/C31H49N5O7/c1-5-6-12-34(13-7-10-32(2)3)27(38)19-36-18-24(22-16-23(20-37)29-26(17-22)42-21-43-29)28(30(39)40)25(36)9-15-35-14-8-11-33(4)31(35)41/h16-17,24-25,28,37H,5-15,18-21H2,1-4H3,(H,39,40)/t24-,25+,28-/m1/s1. The van der Waals surface area contributed by atoms with E-state index in [2.05, 4.69) is 11.8 Å². The number of amides is 3. The molecule has 3 aliphatic heterocycles. The van der Waals surface area contributed by atoms with Gasteiger partial charge in [0.25, 0.3) is 0 Å². The second-order valence-electron chi connectivity index (χ2n) is 12.3. The van der Waals surface area contributed by atoms with Gasteiger partial charge in [-0.3, -0.25) is 14.5 Å². The van der Waals surface area contributed by atoms with Gasteiger partial charge in [-0.1, -0.05) is 13.3 Å². The van der Waals surface area contributed by atoms with Crippen LogP contribution in [-0.2, 0) is 16.2 Å². The number of unbranched alkanes of at least 4 members (excludes halogenated alkanes) is 1. The van der Waals surface area contributed by atoms with E-state index in [0.717, 1.165) is 37.8 Å². The van der Waals surface area contributed by atoms with Crippen LogP contribution in [0.15, 0.2) is 12.1 Å². The highest BCUT2D eigenvalue weighted by molar-refractivity contribution is 5.79. The molecule has 3 amide bonds. The van der Waals surface area contributed by atoms with Gasteiger partial charge in [0.1, 0.15) is 0 Å². The number of carbonyl (C=O) groups is 3. The van der Waals surface area contributed by atoms with Gasteiger partial charge in [-0.2, -0.15) is 0 Å². The third-order valence-corrected chi connectivity index (χ3v) is 8.92. The molecule has 12 nitrogen and oxygen atoms in total. The molecule has 1 aromatic carbocycles. The summed E-state index contributed by atoms with van der Waals surface area (Å²) in [5, 5.41) is 20.6. The van der Waals surface area contributed by atoms with Crippen LogP contribution in [0.1, 0.15) is 56.1 Å². The largest absolute Gasteiger partial charge is 0.481 e. The number of aliphatic carboxylic acids is 1. The van der Waals surface area contributed by atoms with E-state index in [1.807, 2.05) is 30.0 Å². The van der Waals surface area contributed by atoms with Crippen LogP contribution in [0.2, 0.25) is 0 Å². The number of carboxylic acids is 1. The lowest BCUT2D eigenvalue weighted by Crippen LogP contribution is -2.50. The van der Waals surface area contributed by atoms with Crippen LogP contribution in [0.4, 0.5) is 4.79 Å². The Morgan fingerprint density at radius 3 is 2.56 bits per heavy atom. The van der Waals surface area contributed by atoms with Crippen molar-refractivity contribution in [1.29, 1.82) is 0 Å². The maximum Gasteiger partial charge on any atom is 0.319 e. The average molecular weight is 604 g/mol. The van der Waals surface area contributed by atoms with E-state index < -0.39 is 23.8 Å². The van der Waals surface area contributed by atoms with Gasteiger partial charge in [0.2, 0.25) is 12.7 Å². The van der Waals surface area contributed by atoms with Crippen molar-refractivity contribution in [3.05, 3.63) is 23.3 Å². The summed E-state index contributed by atoms with van der Waals surface area (Å²) in [5.41, 5.74) is 1.29. The van der Waals surface area contributed by atoms with Gasteiger partial charge in [-0.15, -0.1) is 0 Å². The van der Waals surface area contributed by atoms with Crippen molar-refractivity contribution < 1.29 is 34.1 Å². The molecular formula is C31H49N5O7. The second kappa shape index (κ2) is 15.1. The highest BCUT2D eigenvalue weighted by Gasteiger charge is 2.48. The van der Waals surface area contributed by atoms with Crippen LogP contribution in [0, 0.1) is 5.92 Å². The van der Waals surface area contributed by atoms with Gasteiger partial charge in [-0.05, 0) is 64.0 Å². The number of rotatable bonds is 15. The maximum absolute atomic E-state index is 13.8. The number of fused-ring (bicyclic) bond motifs is 1. The van der Waals surface area contributed by atoms with Crippen molar-refractivity contribution in [2.45, 2.75) is 57.6 Å². The Balaban J connectivity index is 1.61. The number of nitrogens with zero attached hydrogens (tertiary/aromatic N) is 5. The second-order valence-corrected chi connectivity index (χ2v) is 12.3. The SMILES string of the molecule is CCCCN(CCCN(C)C)C(=O)CN1C[C@H](c2cc(CO)c3c(c2)OCO3)[C@@H](C(=O)O)[C@@H]1CCN1CCCN(C)C1=O. The lowest BCUT2D eigenvalue weighted by molar-refractivity contribution is -0.144. The summed E-state index contributed by atoms with van der Waals surface area (Å²) in [6.45, 7) is 6.32. The van der Waals surface area contributed by atoms with Gasteiger partial charge in [0.05, 0.1) is 19.1 Å². The van der Waals surface area contributed by atoms with E-state index in [9.17, 15) is 24.6 Å². The quantitative estimate of drug-likeness (QED) is 0.310. The third-order valence-electron chi connectivity index (χ3n) is 8.92. The fraction of sp³-hybridized carbons (Fsp3) is 0.710. The number of hydrogen-bond donors (Lipinski definition) is 2. The van der Waals surface area contributed by atoms with Crippen LogP contribution in [0.3, 0.4) is 0 Å². The molecule has 240 valence electrons. The predicted molar refractivity (Wildman–Crippen MR) is 161 cm³/mol. The fourth-order valence-corrected chi connectivity index (χ4v) is 6.62. The Morgan fingerprint density at radius 1 is 1.09 bits per heavy atom. The number of likely N-dealkylation sites (tertiary alicyclic amines) is 1. The predicted octanol–water partition coefficient (Wildman–Crippen LogP) is 2.10. The van der Waals surface area contributed by atoms with Gasteiger partial charge < -0.3 is 39.3 Å². The number of urea groups is 1. The van der Waals surface area contributed by atoms with Gasteiger partial charge in [0.15, 0.2) is 11.5 Å². The average Bonchev–Trinajstić information content (AvgIpc) is 3.59. The van der Waals surface area contributed by atoms with E-state index in [-0.39, 0.29) is 31.9 Å². The molecule has 4 rings (SSSR count). The molecule has 0 radical (unpaired) electrons. The first kappa shape index (κ1) is 32.8.